The van der Waals surface area contributed by atoms with Gasteiger partial charge in [-0.25, -0.2) is 0 Å². The Bertz CT molecular complexity index is 570. The van der Waals surface area contributed by atoms with E-state index in [0.717, 1.165) is 5.69 Å². The van der Waals surface area contributed by atoms with Crippen LogP contribution in [0.1, 0.15) is 30.9 Å². The molecule has 0 radical (unpaired) electrons. The van der Waals surface area contributed by atoms with Gasteiger partial charge in [0.05, 0.1) is 0 Å². The van der Waals surface area contributed by atoms with Crippen molar-refractivity contribution >= 4 is 17.1 Å². The van der Waals surface area contributed by atoms with Crippen molar-refractivity contribution in [2.45, 2.75) is 26.7 Å². The summed E-state index contributed by atoms with van der Waals surface area (Å²) in [6, 6.07) is 15.2. The number of aryl methyl sites for hydroxylation is 1. The summed E-state index contributed by atoms with van der Waals surface area (Å²) in [6.07, 6.45) is 0. The summed E-state index contributed by atoms with van der Waals surface area (Å²) in [7, 11) is 4.07. The maximum Gasteiger partial charge on any atom is 0.0440 e. The molecule has 2 nitrogen and oxygen atoms in total. The fraction of sp³-hybridized carbons (Fsp3) is 0.333. The summed E-state index contributed by atoms with van der Waals surface area (Å²) in [5, 5.41) is 3.15. The van der Waals surface area contributed by atoms with Gasteiger partial charge in [0, 0.05) is 31.2 Å². The molecule has 0 aliphatic heterocycles. The lowest BCUT2D eigenvalue weighted by molar-refractivity contribution is 0.865. The first-order valence-corrected chi connectivity index (χ1v) is 7.15. The Hall–Kier alpha value is -1.96. The molecule has 0 aliphatic rings. The third-order valence-corrected chi connectivity index (χ3v) is 3.80. The zero-order valence-corrected chi connectivity index (χ0v) is 13.1. The highest BCUT2D eigenvalue weighted by Gasteiger charge is 2.09. The van der Waals surface area contributed by atoms with Gasteiger partial charge in [-0.3, -0.25) is 0 Å². The van der Waals surface area contributed by atoms with E-state index in [2.05, 4.69) is 80.5 Å². The number of nitrogens with one attached hydrogen (secondary N) is 1. The van der Waals surface area contributed by atoms with Gasteiger partial charge in [0.25, 0.3) is 0 Å². The van der Waals surface area contributed by atoms with Crippen LogP contribution in [0.4, 0.5) is 17.1 Å². The summed E-state index contributed by atoms with van der Waals surface area (Å²) >= 11 is 0. The smallest absolute Gasteiger partial charge is 0.0440 e. The van der Waals surface area contributed by atoms with Gasteiger partial charge in [0.1, 0.15) is 0 Å². The van der Waals surface area contributed by atoms with E-state index >= 15 is 0 Å². The second-order valence-corrected chi connectivity index (χ2v) is 5.56. The van der Waals surface area contributed by atoms with Crippen LogP contribution < -0.4 is 10.2 Å². The minimum atomic E-state index is 0.550. The van der Waals surface area contributed by atoms with Crippen LogP contribution in [-0.2, 0) is 0 Å². The van der Waals surface area contributed by atoms with E-state index in [4.69, 9.17) is 0 Å². The van der Waals surface area contributed by atoms with Crippen LogP contribution in [0.25, 0.3) is 0 Å². The van der Waals surface area contributed by atoms with Crippen molar-refractivity contribution in [1.29, 1.82) is 0 Å². The van der Waals surface area contributed by atoms with Crippen LogP contribution in [0.5, 0.6) is 0 Å². The average molecular weight is 268 g/mol. The highest BCUT2D eigenvalue weighted by Crippen LogP contribution is 2.30. The maximum absolute atomic E-state index is 3.15. The van der Waals surface area contributed by atoms with E-state index in [1.54, 1.807) is 0 Å². The number of anilines is 3. The summed E-state index contributed by atoms with van der Waals surface area (Å²) in [4.78, 5) is 2.25. The lowest BCUT2D eigenvalue weighted by Gasteiger charge is -2.23. The highest BCUT2D eigenvalue weighted by molar-refractivity contribution is 5.68. The molecular weight excluding hydrogens is 244 g/mol. The Morgan fingerprint density at radius 2 is 1.65 bits per heavy atom. The first-order chi connectivity index (χ1) is 9.52. The number of hydrogen-bond acceptors (Lipinski definition) is 2. The number of hydrogen-bond donors (Lipinski definition) is 1. The monoisotopic (exact) mass is 268 g/mol. The van der Waals surface area contributed by atoms with Crippen molar-refractivity contribution in [3.05, 3.63) is 53.6 Å². The predicted molar refractivity (Wildman–Crippen MR) is 89.3 cm³/mol. The van der Waals surface area contributed by atoms with Gasteiger partial charge >= 0.3 is 0 Å². The second-order valence-electron chi connectivity index (χ2n) is 5.56. The van der Waals surface area contributed by atoms with Crippen LogP contribution in [0, 0.1) is 6.92 Å². The van der Waals surface area contributed by atoms with Crippen molar-refractivity contribution in [3.63, 3.8) is 0 Å². The van der Waals surface area contributed by atoms with Crippen molar-refractivity contribution < 1.29 is 0 Å². The number of nitrogens with zero attached hydrogens (tertiary/aromatic N) is 1. The van der Waals surface area contributed by atoms with Gasteiger partial charge in [-0.05, 0) is 54.3 Å². The normalized spacial score (nSPS) is 10.7. The molecule has 20 heavy (non-hydrogen) atoms. The zero-order chi connectivity index (χ0) is 14.7. The van der Waals surface area contributed by atoms with E-state index in [9.17, 15) is 0 Å². The highest BCUT2D eigenvalue weighted by atomic mass is 15.1. The summed E-state index contributed by atoms with van der Waals surface area (Å²) in [6.45, 7) is 6.63. The Labute approximate surface area is 122 Å². The number of benzene rings is 2. The lowest BCUT2D eigenvalue weighted by Crippen LogP contribution is -2.11. The van der Waals surface area contributed by atoms with Crippen molar-refractivity contribution in [1.82, 2.24) is 0 Å². The lowest BCUT2D eigenvalue weighted by atomic mass is 10.00. The standard InChI is InChI=1S/C18H24N2/c1-13(2)15-7-6-14(3)18(12-15)20(5)17-10-8-16(19-4)9-11-17/h6-13,19H,1-5H3. The van der Waals surface area contributed by atoms with Gasteiger partial charge in [-0.2, -0.15) is 0 Å². The molecule has 2 rings (SSSR count). The third-order valence-electron chi connectivity index (χ3n) is 3.80. The average Bonchev–Trinajstić information content (AvgIpc) is 2.47. The molecule has 0 saturated carbocycles. The van der Waals surface area contributed by atoms with Crippen molar-refractivity contribution in [2.75, 3.05) is 24.3 Å². The fourth-order valence-electron chi connectivity index (χ4n) is 2.34. The second kappa shape index (κ2) is 6.00. The molecule has 2 aromatic carbocycles. The van der Waals surface area contributed by atoms with Crippen LogP contribution in [0.2, 0.25) is 0 Å². The minimum absolute atomic E-state index is 0.550. The van der Waals surface area contributed by atoms with Crippen LogP contribution in [-0.4, -0.2) is 14.1 Å². The molecule has 0 heterocycles. The molecule has 0 fully saturated rings. The fourth-order valence-corrected chi connectivity index (χ4v) is 2.34. The van der Waals surface area contributed by atoms with Crippen molar-refractivity contribution in [2.24, 2.45) is 0 Å². The molecular formula is C18H24N2. The van der Waals surface area contributed by atoms with Gasteiger partial charge in [0.2, 0.25) is 0 Å². The Morgan fingerprint density at radius 1 is 1.00 bits per heavy atom. The molecule has 2 aromatic rings. The van der Waals surface area contributed by atoms with Gasteiger partial charge in [0.15, 0.2) is 0 Å². The number of rotatable bonds is 4. The molecule has 106 valence electrons. The maximum atomic E-state index is 3.15. The largest absolute Gasteiger partial charge is 0.388 e. The molecule has 0 atom stereocenters. The molecule has 0 spiro atoms. The Kier molecular flexibility index (Phi) is 4.33. The quantitative estimate of drug-likeness (QED) is 0.846. The first kappa shape index (κ1) is 14.4. The molecule has 0 aliphatic carbocycles. The van der Waals surface area contributed by atoms with Crippen LogP contribution in [0.15, 0.2) is 42.5 Å². The van der Waals surface area contributed by atoms with E-state index < -0.39 is 0 Å². The molecule has 0 amide bonds. The zero-order valence-electron chi connectivity index (χ0n) is 13.1. The topological polar surface area (TPSA) is 15.3 Å². The van der Waals surface area contributed by atoms with Crippen LogP contribution in [0.3, 0.4) is 0 Å². The molecule has 1 N–H and O–H groups in total. The molecule has 0 aromatic heterocycles. The first-order valence-electron chi connectivity index (χ1n) is 7.15. The third kappa shape index (κ3) is 2.96. The van der Waals surface area contributed by atoms with E-state index in [1.807, 2.05) is 7.05 Å². The summed E-state index contributed by atoms with van der Waals surface area (Å²) in [5.41, 5.74) is 6.29. The minimum Gasteiger partial charge on any atom is -0.388 e. The Morgan fingerprint density at radius 3 is 2.20 bits per heavy atom. The van der Waals surface area contributed by atoms with Gasteiger partial charge in [-0.1, -0.05) is 26.0 Å². The predicted octanol–water partition coefficient (Wildman–Crippen LogP) is 4.93. The van der Waals surface area contributed by atoms with E-state index in [1.165, 1.54) is 22.5 Å². The van der Waals surface area contributed by atoms with Crippen LogP contribution >= 0.6 is 0 Å². The molecule has 2 heteroatoms. The Balaban J connectivity index is 2.36. The molecule has 0 bridgehead atoms. The van der Waals surface area contributed by atoms with Crippen molar-refractivity contribution in [3.8, 4) is 0 Å². The van der Waals surface area contributed by atoms with E-state index in [-0.39, 0.29) is 0 Å². The summed E-state index contributed by atoms with van der Waals surface area (Å²) < 4.78 is 0. The summed E-state index contributed by atoms with van der Waals surface area (Å²) in [5.74, 6) is 0.550. The SMILES string of the molecule is CNc1ccc(N(C)c2cc(C(C)C)ccc2C)cc1. The van der Waals surface area contributed by atoms with Gasteiger partial charge in [-0.15, -0.1) is 0 Å². The van der Waals surface area contributed by atoms with Gasteiger partial charge < -0.3 is 10.2 Å². The molecule has 0 unspecified atom stereocenters. The van der Waals surface area contributed by atoms with E-state index in [0.29, 0.717) is 5.92 Å². The molecule has 0 saturated heterocycles.